The van der Waals surface area contributed by atoms with Crippen LogP contribution in [0.5, 0.6) is 0 Å². The third kappa shape index (κ3) is 6.43. The van der Waals surface area contributed by atoms with E-state index in [0.29, 0.717) is 11.1 Å². The van der Waals surface area contributed by atoms with Crippen LogP contribution in [0.2, 0.25) is 0 Å². The summed E-state index contributed by atoms with van der Waals surface area (Å²) in [5.41, 5.74) is 2.08. The van der Waals surface area contributed by atoms with Crippen molar-refractivity contribution >= 4 is 33.1 Å². The smallest absolute Gasteiger partial charge is 0.297 e. The average Bonchev–Trinajstić information content (AvgIpc) is 3.49. The van der Waals surface area contributed by atoms with Crippen molar-refractivity contribution in [2.75, 3.05) is 11.9 Å². The molecule has 2 aromatic heterocycles. The summed E-state index contributed by atoms with van der Waals surface area (Å²) in [7, 11) is -4.21. The molecule has 1 amide bonds. The van der Waals surface area contributed by atoms with Gasteiger partial charge in [-0.25, -0.2) is 4.98 Å². The Balaban J connectivity index is 1.58. The van der Waals surface area contributed by atoms with Gasteiger partial charge in [0.25, 0.3) is 15.7 Å². The van der Waals surface area contributed by atoms with Crippen LogP contribution in [0.25, 0.3) is 11.2 Å². The van der Waals surface area contributed by atoms with Crippen molar-refractivity contribution in [3.8, 4) is 0 Å². The molecule has 0 bridgehead atoms. The van der Waals surface area contributed by atoms with E-state index >= 15 is 0 Å². The van der Waals surface area contributed by atoms with Gasteiger partial charge in [-0.15, -0.1) is 0 Å². The van der Waals surface area contributed by atoms with Gasteiger partial charge < -0.3 is 9.84 Å². The Morgan fingerprint density at radius 2 is 1.74 bits per heavy atom. The van der Waals surface area contributed by atoms with Crippen molar-refractivity contribution < 1.29 is 27.2 Å². The van der Waals surface area contributed by atoms with Gasteiger partial charge in [0.05, 0.1) is 19.0 Å². The predicted molar refractivity (Wildman–Crippen MR) is 158 cm³/mol. The summed E-state index contributed by atoms with van der Waals surface area (Å²) in [6.45, 7) is 15.0. The number of imidazole rings is 1. The van der Waals surface area contributed by atoms with Crippen LogP contribution >= 0.6 is 0 Å². The largest absolute Gasteiger partial charge is 0.390 e. The van der Waals surface area contributed by atoms with Crippen molar-refractivity contribution in [1.29, 1.82) is 0 Å². The van der Waals surface area contributed by atoms with Crippen molar-refractivity contribution in [3.05, 3.63) is 45.5 Å². The second-order valence-corrected chi connectivity index (χ2v) is 13.6. The average molecular weight is 604 g/mol. The molecule has 0 unspecified atom stereocenters. The number of H-pyrrole nitrogens is 1. The predicted octanol–water partition coefficient (Wildman–Crippen LogP) is 4.14. The number of benzene rings is 1. The zero-order valence-corrected chi connectivity index (χ0v) is 26.2. The molecule has 4 rings (SSSR count). The van der Waals surface area contributed by atoms with Gasteiger partial charge in [-0.3, -0.25) is 28.6 Å². The summed E-state index contributed by atoms with van der Waals surface area (Å²) in [6.07, 6.45) is -1.38. The number of anilines is 1. The third-order valence-electron chi connectivity index (χ3n) is 7.43. The van der Waals surface area contributed by atoms with E-state index < -0.39 is 40.7 Å². The maximum absolute atomic E-state index is 13.7. The van der Waals surface area contributed by atoms with Gasteiger partial charge in [0.1, 0.15) is 17.2 Å². The van der Waals surface area contributed by atoms with Crippen molar-refractivity contribution in [2.45, 2.75) is 103 Å². The Bertz CT molecular complexity index is 1600. The van der Waals surface area contributed by atoms with E-state index in [9.17, 15) is 23.1 Å². The molecule has 0 spiro atoms. The van der Waals surface area contributed by atoms with E-state index in [1.807, 2.05) is 39.8 Å². The van der Waals surface area contributed by atoms with Crippen molar-refractivity contribution in [1.82, 2.24) is 19.5 Å². The number of rotatable bonds is 10. The molecule has 230 valence electrons. The van der Waals surface area contributed by atoms with Crippen LogP contribution in [0.3, 0.4) is 0 Å². The molecule has 42 heavy (non-hydrogen) atoms. The first-order valence-corrected chi connectivity index (χ1v) is 15.7. The first-order valence-electron chi connectivity index (χ1n) is 14.3. The molecule has 3 atom stereocenters. The number of aliphatic hydroxyl groups excluding tert-OH is 1. The lowest BCUT2D eigenvalue weighted by Gasteiger charge is -2.23. The fourth-order valence-corrected chi connectivity index (χ4v) is 6.48. The highest BCUT2D eigenvalue weighted by Crippen LogP contribution is 2.37. The summed E-state index contributed by atoms with van der Waals surface area (Å²) in [6, 6.07) is 3.87. The Kier molecular flexibility index (Phi) is 9.26. The number of amides is 1. The normalized spacial score (nSPS) is 19.6. The second-order valence-electron chi connectivity index (χ2n) is 12.0. The molecule has 3 aromatic rings. The lowest BCUT2D eigenvalue weighted by molar-refractivity contribution is -0.118. The van der Waals surface area contributed by atoms with Gasteiger partial charge in [0.2, 0.25) is 11.9 Å². The minimum absolute atomic E-state index is 0.0326. The summed E-state index contributed by atoms with van der Waals surface area (Å²) >= 11 is 0. The van der Waals surface area contributed by atoms with Crippen molar-refractivity contribution in [3.63, 3.8) is 0 Å². The molecule has 1 aromatic carbocycles. The minimum atomic E-state index is -4.21. The number of aliphatic hydroxyl groups is 1. The first kappa shape index (κ1) is 31.8. The van der Waals surface area contributed by atoms with Crippen LogP contribution in [-0.2, 0) is 23.8 Å². The fraction of sp³-hybridized carbons (Fsp3) is 0.586. The molecule has 1 fully saturated rings. The quantitative estimate of drug-likeness (QED) is 0.289. The number of nitrogens with one attached hydrogen (secondary N) is 2. The molecule has 12 nitrogen and oxygen atoms in total. The van der Waals surface area contributed by atoms with Crippen molar-refractivity contribution in [2.24, 2.45) is 5.92 Å². The number of hydrogen-bond donors (Lipinski definition) is 3. The first-order chi connectivity index (χ1) is 19.6. The van der Waals surface area contributed by atoms with Crippen LogP contribution in [-0.4, -0.2) is 57.8 Å². The van der Waals surface area contributed by atoms with Crippen LogP contribution in [0.15, 0.2) is 28.2 Å². The van der Waals surface area contributed by atoms with E-state index in [-0.39, 0.29) is 58.0 Å². The zero-order chi connectivity index (χ0) is 31.1. The second kappa shape index (κ2) is 12.2. The van der Waals surface area contributed by atoms with Crippen LogP contribution in [0.4, 0.5) is 5.95 Å². The maximum Gasteiger partial charge on any atom is 0.297 e. The summed E-state index contributed by atoms with van der Waals surface area (Å²) < 4.78 is 40.4. The molecule has 0 saturated carbocycles. The highest BCUT2D eigenvalue weighted by Gasteiger charge is 2.38. The minimum Gasteiger partial charge on any atom is -0.390 e. The van der Waals surface area contributed by atoms with E-state index in [0.717, 1.165) is 5.56 Å². The molecule has 13 heteroatoms. The number of aromatic amines is 1. The van der Waals surface area contributed by atoms with Gasteiger partial charge in [-0.2, -0.15) is 13.4 Å². The number of fused-ring (bicyclic) bond motifs is 1. The maximum atomic E-state index is 13.7. The summed E-state index contributed by atoms with van der Waals surface area (Å²) in [4.78, 5) is 35.8. The lowest BCUT2D eigenvalue weighted by atomic mass is 9.89. The van der Waals surface area contributed by atoms with Crippen LogP contribution in [0, 0.1) is 5.92 Å². The van der Waals surface area contributed by atoms with Gasteiger partial charge in [0.15, 0.2) is 11.2 Å². The fourth-order valence-electron chi connectivity index (χ4n) is 4.89. The lowest BCUT2D eigenvalue weighted by Crippen LogP contribution is -2.28. The molecule has 1 aliphatic rings. The van der Waals surface area contributed by atoms with Gasteiger partial charge in [-0.1, -0.05) is 67.5 Å². The monoisotopic (exact) mass is 603 g/mol. The number of ether oxygens (including phenoxy) is 1. The zero-order valence-electron chi connectivity index (χ0n) is 25.3. The van der Waals surface area contributed by atoms with Crippen LogP contribution < -0.4 is 10.9 Å². The van der Waals surface area contributed by atoms with E-state index in [2.05, 4.69) is 34.1 Å². The van der Waals surface area contributed by atoms with E-state index in [4.69, 9.17) is 8.92 Å². The Labute approximate surface area is 246 Å². The highest BCUT2D eigenvalue weighted by atomic mass is 32.2. The Morgan fingerprint density at radius 3 is 2.29 bits per heavy atom. The molecular weight excluding hydrogens is 562 g/mol. The molecule has 1 aliphatic heterocycles. The highest BCUT2D eigenvalue weighted by molar-refractivity contribution is 7.86. The molecule has 1 saturated heterocycles. The molecule has 0 aliphatic carbocycles. The topological polar surface area (TPSA) is 165 Å². The van der Waals surface area contributed by atoms with Gasteiger partial charge in [-0.05, 0) is 34.4 Å². The molecular formula is C29H41N5O7S. The number of nitrogens with zero attached hydrogens (tertiary/aromatic N) is 3. The Morgan fingerprint density at radius 1 is 1.12 bits per heavy atom. The summed E-state index contributed by atoms with van der Waals surface area (Å²) in [5, 5.41) is 13.4. The molecule has 0 radical (unpaired) electrons. The molecule has 3 N–H and O–H groups in total. The van der Waals surface area contributed by atoms with Crippen LogP contribution in [0.1, 0.15) is 102 Å². The number of aromatic nitrogens is 4. The number of carbonyl (C=O) groups excluding carboxylic acids is 1. The number of carbonyl (C=O) groups is 1. The number of hydrogen-bond acceptors (Lipinski definition) is 9. The SMILES string of the molecule is CC(C)C(=O)Nc1nc2c(ncn2[C@H]2C[C@@H](O)[C@@H](COS(=O)(=O)c3c(C(C)C)cc(C(C)C)cc3C(C)C)O2)c(=O)[nH]1. The van der Waals surface area contributed by atoms with Gasteiger partial charge >= 0.3 is 0 Å². The Hall–Kier alpha value is -3.13. The van der Waals surface area contributed by atoms with E-state index in [1.54, 1.807) is 13.8 Å². The third-order valence-corrected chi connectivity index (χ3v) is 8.85. The summed E-state index contributed by atoms with van der Waals surface area (Å²) in [5.74, 6) is -0.594. The standard InChI is InChI=1S/C29H41N5O7S/c1-14(2)18-9-19(15(3)4)25(20(10-18)16(5)6)42(38,39)40-12-22-21(35)11-23(41-22)34-13-30-24-26(34)31-29(33-28(24)37)32-27(36)17(7)8/h9-10,13-17,21-23,35H,11-12H2,1-8H3,(H2,31,32,33,36,37)/t21-,22-,23-/m1/s1. The van der Waals surface area contributed by atoms with E-state index in [1.165, 1.54) is 10.9 Å². The molecule has 3 heterocycles. The van der Waals surface area contributed by atoms with Gasteiger partial charge in [0, 0.05) is 12.3 Å².